The Labute approximate surface area is 165 Å². The van der Waals surface area contributed by atoms with Crippen LogP contribution in [0.25, 0.3) is 0 Å². The lowest BCUT2D eigenvalue weighted by molar-refractivity contribution is -0.122. The van der Waals surface area contributed by atoms with Crippen LogP contribution in [0.4, 0.5) is 0 Å². The maximum absolute atomic E-state index is 12.9. The van der Waals surface area contributed by atoms with Gasteiger partial charge in [-0.2, -0.15) is 5.10 Å². The van der Waals surface area contributed by atoms with Crippen LogP contribution in [0.2, 0.25) is 0 Å². The van der Waals surface area contributed by atoms with Gasteiger partial charge in [0.25, 0.3) is 0 Å². The van der Waals surface area contributed by atoms with Crippen LogP contribution in [0.15, 0.2) is 84.0 Å². The fourth-order valence-electron chi connectivity index (χ4n) is 3.08. The van der Waals surface area contributed by atoms with Gasteiger partial charge in [0.05, 0.1) is 19.2 Å². The molecule has 3 rings (SSSR count). The Bertz CT molecular complexity index is 952. The molecule has 0 spiro atoms. The lowest BCUT2D eigenvalue weighted by Gasteiger charge is -2.17. The zero-order chi connectivity index (χ0) is 19.8. The normalized spacial score (nSPS) is 11.9. The molecular weight excluding hydrogens is 348 g/mol. The highest BCUT2D eigenvalue weighted by Gasteiger charge is 2.21. The van der Waals surface area contributed by atoms with Crippen molar-refractivity contribution in [3.05, 3.63) is 101 Å². The minimum absolute atomic E-state index is 0.131. The third-order valence-corrected chi connectivity index (χ3v) is 4.69. The average Bonchev–Trinajstić information content (AvgIpc) is 2.74. The molecule has 0 unspecified atom stereocenters. The van der Waals surface area contributed by atoms with Gasteiger partial charge in [-0.05, 0) is 47.7 Å². The molecule has 0 saturated carbocycles. The van der Waals surface area contributed by atoms with E-state index in [-0.39, 0.29) is 11.8 Å². The van der Waals surface area contributed by atoms with Gasteiger partial charge >= 0.3 is 0 Å². The third kappa shape index (κ3) is 5.07. The molecule has 0 aliphatic carbocycles. The summed E-state index contributed by atoms with van der Waals surface area (Å²) in [6, 6.07) is 25.5. The van der Waals surface area contributed by atoms with Gasteiger partial charge in [0, 0.05) is 0 Å². The molecule has 0 radical (unpaired) electrons. The Morgan fingerprint density at radius 2 is 1.79 bits per heavy atom. The summed E-state index contributed by atoms with van der Waals surface area (Å²) in [7, 11) is 1.62. The molecule has 1 amide bonds. The molecule has 0 fully saturated rings. The Morgan fingerprint density at radius 1 is 1.04 bits per heavy atom. The van der Waals surface area contributed by atoms with E-state index < -0.39 is 0 Å². The summed E-state index contributed by atoms with van der Waals surface area (Å²) in [4.78, 5) is 12.9. The molecule has 1 N–H and O–H groups in total. The molecule has 0 heterocycles. The molecule has 0 aliphatic heterocycles. The number of nitrogens with one attached hydrogen (secondary N) is 1. The molecule has 0 bridgehead atoms. The van der Waals surface area contributed by atoms with Gasteiger partial charge in [0.2, 0.25) is 5.91 Å². The van der Waals surface area contributed by atoms with Crippen molar-refractivity contribution < 1.29 is 9.53 Å². The van der Waals surface area contributed by atoms with Crippen molar-refractivity contribution in [2.45, 2.75) is 19.3 Å². The maximum atomic E-state index is 12.9. The number of hydrazone groups is 1. The quantitative estimate of drug-likeness (QED) is 0.491. The number of nitrogens with zero attached hydrogens (tertiary/aromatic N) is 1. The number of hydrogen-bond donors (Lipinski definition) is 1. The van der Waals surface area contributed by atoms with Crippen LogP contribution >= 0.6 is 0 Å². The first kappa shape index (κ1) is 19.4. The molecule has 4 heteroatoms. The van der Waals surface area contributed by atoms with E-state index in [4.69, 9.17) is 4.74 Å². The number of methoxy groups -OCH3 is 1. The van der Waals surface area contributed by atoms with E-state index in [9.17, 15) is 4.79 Å². The van der Waals surface area contributed by atoms with Gasteiger partial charge in [-0.15, -0.1) is 0 Å². The van der Waals surface area contributed by atoms with Crippen molar-refractivity contribution in [3.8, 4) is 5.75 Å². The van der Waals surface area contributed by atoms with Crippen molar-refractivity contribution in [1.29, 1.82) is 0 Å². The van der Waals surface area contributed by atoms with Crippen LogP contribution in [0.5, 0.6) is 5.75 Å². The first-order chi connectivity index (χ1) is 13.7. The van der Waals surface area contributed by atoms with Crippen LogP contribution < -0.4 is 10.2 Å². The fraction of sp³-hybridized carbons (Fsp3) is 0.167. The van der Waals surface area contributed by atoms with E-state index in [1.165, 1.54) is 5.56 Å². The average molecular weight is 372 g/mol. The van der Waals surface area contributed by atoms with Crippen LogP contribution in [-0.4, -0.2) is 19.2 Å². The maximum Gasteiger partial charge on any atom is 0.247 e. The topological polar surface area (TPSA) is 50.7 Å². The van der Waals surface area contributed by atoms with E-state index in [0.29, 0.717) is 6.42 Å². The lowest BCUT2D eigenvalue weighted by Crippen LogP contribution is -2.27. The van der Waals surface area contributed by atoms with Crippen molar-refractivity contribution in [2.75, 3.05) is 7.11 Å². The monoisotopic (exact) mass is 372 g/mol. The number of rotatable bonds is 7. The summed E-state index contributed by atoms with van der Waals surface area (Å²) in [6.45, 7) is 2.07. The first-order valence-electron chi connectivity index (χ1n) is 9.24. The van der Waals surface area contributed by atoms with E-state index in [2.05, 4.69) is 29.6 Å². The third-order valence-electron chi connectivity index (χ3n) is 4.69. The van der Waals surface area contributed by atoms with E-state index >= 15 is 0 Å². The molecule has 28 heavy (non-hydrogen) atoms. The van der Waals surface area contributed by atoms with Crippen LogP contribution in [0.1, 0.15) is 28.2 Å². The lowest BCUT2D eigenvalue weighted by atomic mass is 9.90. The summed E-state index contributed by atoms with van der Waals surface area (Å²) in [5, 5.41) is 4.15. The van der Waals surface area contributed by atoms with Crippen molar-refractivity contribution in [2.24, 2.45) is 5.10 Å². The Hall–Kier alpha value is -3.40. The Morgan fingerprint density at radius 3 is 2.54 bits per heavy atom. The molecule has 3 aromatic carbocycles. The standard InChI is InChI=1S/C24H24N2O2/c1-18-9-6-7-13-21(18)16-23(20-11-4-3-5-12-20)24(27)26-25-17-19-10-8-14-22(15-19)28-2/h3-15,17,23H,16H2,1-2H3,(H,26,27)/b25-17-/t23-/m0/s1. The number of aryl methyl sites for hydroxylation is 1. The fourth-order valence-corrected chi connectivity index (χ4v) is 3.08. The molecule has 0 saturated heterocycles. The van der Waals surface area contributed by atoms with E-state index in [0.717, 1.165) is 22.4 Å². The molecule has 3 aromatic rings. The number of benzene rings is 3. The highest BCUT2D eigenvalue weighted by Crippen LogP contribution is 2.23. The number of hydrogen-bond acceptors (Lipinski definition) is 3. The van der Waals surface area contributed by atoms with Crippen LogP contribution in [0, 0.1) is 6.92 Å². The van der Waals surface area contributed by atoms with E-state index in [1.807, 2.05) is 66.7 Å². The largest absolute Gasteiger partial charge is 0.497 e. The molecule has 1 atom stereocenters. The minimum atomic E-state index is -0.315. The van der Waals surface area contributed by atoms with Gasteiger partial charge in [0.1, 0.15) is 5.75 Å². The second-order valence-electron chi connectivity index (χ2n) is 6.60. The molecular formula is C24H24N2O2. The van der Waals surface area contributed by atoms with Gasteiger partial charge in [-0.1, -0.05) is 66.7 Å². The number of carbonyl (C=O) groups is 1. The van der Waals surface area contributed by atoms with Gasteiger partial charge in [-0.25, -0.2) is 5.43 Å². The first-order valence-corrected chi connectivity index (χ1v) is 9.24. The predicted molar refractivity (Wildman–Crippen MR) is 113 cm³/mol. The number of carbonyl (C=O) groups excluding carboxylic acids is 1. The van der Waals surface area contributed by atoms with Crippen molar-refractivity contribution >= 4 is 12.1 Å². The summed E-state index contributed by atoms with van der Waals surface area (Å²) < 4.78 is 5.21. The predicted octanol–water partition coefficient (Wildman–Crippen LogP) is 4.48. The number of amides is 1. The summed E-state index contributed by atoms with van der Waals surface area (Å²) in [5.74, 6) is 0.301. The zero-order valence-corrected chi connectivity index (χ0v) is 16.1. The molecule has 0 aromatic heterocycles. The Kier molecular flexibility index (Phi) is 6.58. The molecule has 0 aliphatic rings. The second-order valence-corrected chi connectivity index (χ2v) is 6.60. The highest BCUT2D eigenvalue weighted by molar-refractivity contribution is 5.86. The summed E-state index contributed by atoms with van der Waals surface area (Å²) >= 11 is 0. The second kappa shape index (κ2) is 9.51. The van der Waals surface area contributed by atoms with Gasteiger partial charge < -0.3 is 4.74 Å². The van der Waals surface area contributed by atoms with E-state index in [1.54, 1.807) is 13.3 Å². The zero-order valence-electron chi connectivity index (χ0n) is 16.1. The van der Waals surface area contributed by atoms with Crippen molar-refractivity contribution in [1.82, 2.24) is 5.43 Å². The summed E-state index contributed by atoms with van der Waals surface area (Å²) in [6.07, 6.45) is 2.24. The van der Waals surface area contributed by atoms with Crippen LogP contribution in [0.3, 0.4) is 0 Å². The SMILES string of the molecule is COc1cccc(/C=N\NC(=O)[C@@H](Cc2ccccc2C)c2ccccc2)c1. The van der Waals surface area contributed by atoms with Gasteiger partial charge in [-0.3, -0.25) is 4.79 Å². The molecule has 4 nitrogen and oxygen atoms in total. The summed E-state index contributed by atoms with van der Waals surface area (Å²) in [5.41, 5.74) is 6.86. The molecule has 142 valence electrons. The van der Waals surface area contributed by atoms with Gasteiger partial charge in [0.15, 0.2) is 0 Å². The number of ether oxygens (including phenoxy) is 1. The smallest absolute Gasteiger partial charge is 0.247 e. The Balaban J connectivity index is 1.76. The highest BCUT2D eigenvalue weighted by atomic mass is 16.5. The van der Waals surface area contributed by atoms with Crippen LogP contribution in [-0.2, 0) is 11.2 Å². The minimum Gasteiger partial charge on any atom is -0.497 e. The van der Waals surface area contributed by atoms with Crippen molar-refractivity contribution in [3.63, 3.8) is 0 Å².